The maximum absolute atomic E-state index is 12.9. The molecule has 0 radical (unpaired) electrons. The fourth-order valence-electron chi connectivity index (χ4n) is 9.88. The number of carbonyl (C=O) groups excluding carboxylic acids is 3. The number of carbonyl (C=O) groups is 3. The highest BCUT2D eigenvalue weighted by molar-refractivity contribution is 5.71. The lowest BCUT2D eigenvalue weighted by molar-refractivity contribution is -0.167. The van der Waals surface area contributed by atoms with E-state index in [2.05, 4.69) is 130 Å². The van der Waals surface area contributed by atoms with Gasteiger partial charge < -0.3 is 14.2 Å². The molecule has 82 heavy (non-hydrogen) atoms. The van der Waals surface area contributed by atoms with Crippen molar-refractivity contribution in [3.05, 3.63) is 109 Å². The molecule has 0 heterocycles. The maximum Gasteiger partial charge on any atom is 0.306 e. The highest BCUT2D eigenvalue weighted by Gasteiger charge is 2.19. The zero-order chi connectivity index (χ0) is 59.2. The molecule has 0 aliphatic heterocycles. The molecule has 0 aromatic carbocycles. The van der Waals surface area contributed by atoms with Crippen LogP contribution in [0.3, 0.4) is 0 Å². The Kier molecular flexibility index (Phi) is 66.2. The summed E-state index contributed by atoms with van der Waals surface area (Å²) < 4.78 is 16.9. The number of ether oxygens (including phenoxy) is 3. The molecule has 0 bridgehead atoms. The normalized spacial score (nSPS) is 12.8. The summed E-state index contributed by atoms with van der Waals surface area (Å²) in [4.78, 5) is 38.4. The Labute approximate surface area is 508 Å². The van der Waals surface area contributed by atoms with Crippen LogP contribution in [0.25, 0.3) is 0 Å². The second kappa shape index (κ2) is 69.6. The molecule has 0 fully saturated rings. The molecule has 1 atom stereocenters. The van der Waals surface area contributed by atoms with Crippen molar-refractivity contribution in [1.29, 1.82) is 0 Å². The quantitative estimate of drug-likeness (QED) is 0.0261. The van der Waals surface area contributed by atoms with Gasteiger partial charge in [0.2, 0.25) is 0 Å². The molecular formula is C76H130O6. The van der Waals surface area contributed by atoms with Gasteiger partial charge in [-0.1, -0.05) is 323 Å². The Hall–Kier alpha value is -3.93. The monoisotopic (exact) mass is 1140 g/mol. The lowest BCUT2D eigenvalue weighted by Crippen LogP contribution is -2.30. The van der Waals surface area contributed by atoms with Crippen molar-refractivity contribution in [2.75, 3.05) is 13.2 Å². The third kappa shape index (κ3) is 66.9. The summed E-state index contributed by atoms with van der Waals surface area (Å²) in [7, 11) is 0. The van der Waals surface area contributed by atoms with E-state index in [1.54, 1.807) is 0 Å². The van der Waals surface area contributed by atoms with Crippen LogP contribution in [0.4, 0.5) is 0 Å². The summed E-state index contributed by atoms with van der Waals surface area (Å²) in [6.45, 7) is 6.43. The standard InChI is InChI=1S/C76H130O6/c1-4-7-10-13-16-19-22-25-27-29-31-33-34-35-36-37-38-39-40-41-42-43-45-46-48-51-54-57-60-63-66-69-75(78)81-72-73(71-80-74(77)68-65-62-59-56-53-50-24-21-18-15-12-9-6-3)82-76(79)70-67-64-61-58-55-52-49-47-44-32-30-28-26-23-20-17-14-11-8-5-2/h7,9-10,12,16,18-19,21,25,27,31,33,35-36,38-39,50,53,73H,4-6,8,11,13-15,17,20,22-24,26,28-30,32,34,37,40-49,51-52,54-72H2,1-3H3/b10-7-,12-9-,19-16-,21-18-,27-25-,33-31-,36-35-,39-38-,53-50-. The molecule has 0 saturated carbocycles. The van der Waals surface area contributed by atoms with E-state index in [1.165, 1.54) is 173 Å². The van der Waals surface area contributed by atoms with Gasteiger partial charge in [0.05, 0.1) is 0 Å². The second-order valence-corrected chi connectivity index (χ2v) is 23.0. The van der Waals surface area contributed by atoms with Crippen LogP contribution in [0.2, 0.25) is 0 Å². The number of hydrogen-bond donors (Lipinski definition) is 0. The van der Waals surface area contributed by atoms with E-state index in [4.69, 9.17) is 14.2 Å². The van der Waals surface area contributed by atoms with Crippen LogP contribution in [0.5, 0.6) is 0 Å². The van der Waals surface area contributed by atoms with Gasteiger partial charge in [0.15, 0.2) is 6.10 Å². The first-order chi connectivity index (χ1) is 40.5. The van der Waals surface area contributed by atoms with Gasteiger partial charge in [0.1, 0.15) is 13.2 Å². The van der Waals surface area contributed by atoms with Crippen molar-refractivity contribution in [2.24, 2.45) is 0 Å². The van der Waals surface area contributed by atoms with E-state index < -0.39 is 6.10 Å². The Balaban J connectivity index is 4.26. The highest BCUT2D eigenvalue weighted by Crippen LogP contribution is 2.17. The lowest BCUT2D eigenvalue weighted by atomic mass is 10.0. The van der Waals surface area contributed by atoms with Crippen LogP contribution in [0.1, 0.15) is 335 Å². The van der Waals surface area contributed by atoms with Crippen molar-refractivity contribution in [3.8, 4) is 0 Å². The summed E-state index contributed by atoms with van der Waals surface area (Å²) in [5.41, 5.74) is 0. The molecule has 6 nitrogen and oxygen atoms in total. The zero-order valence-corrected chi connectivity index (χ0v) is 54.0. The van der Waals surface area contributed by atoms with Crippen molar-refractivity contribution in [1.82, 2.24) is 0 Å². The summed E-state index contributed by atoms with van der Waals surface area (Å²) in [5.74, 6) is -0.903. The molecule has 0 saturated heterocycles. The molecule has 0 aromatic heterocycles. The van der Waals surface area contributed by atoms with E-state index >= 15 is 0 Å². The summed E-state index contributed by atoms with van der Waals surface area (Å²) >= 11 is 0. The molecule has 0 spiro atoms. The van der Waals surface area contributed by atoms with E-state index in [0.29, 0.717) is 19.3 Å². The van der Waals surface area contributed by atoms with Crippen LogP contribution < -0.4 is 0 Å². The van der Waals surface area contributed by atoms with Gasteiger partial charge in [-0.25, -0.2) is 0 Å². The van der Waals surface area contributed by atoms with Crippen molar-refractivity contribution < 1.29 is 28.6 Å². The fourth-order valence-corrected chi connectivity index (χ4v) is 9.88. The smallest absolute Gasteiger partial charge is 0.306 e. The fraction of sp³-hybridized carbons (Fsp3) is 0.724. The van der Waals surface area contributed by atoms with Gasteiger partial charge in [0, 0.05) is 19.3 Å². The minimum absolute atomic E-state index is 0.0858. The minimum Gasteiger partial charge on any atom is -0.462 e. The van der Waals surface area contributed by atoms with Crippen LogP contribution in [-0.2, 0) is 28.6 Å². The van der Waals surface area contributed by atoms with Crippen molar-refractivity contribution >= 4 is 17.9 Å². The second-order valence-electron chi connectivity index (χ2n) is 23.0. The Morgan fingerprint density at radius 2 is 0.476 bits per heavy atom. The summed E-state index contributed by atoms with van der Waals surface area (Å²) in [6.07, 6.45) is 95.5. The predicted molar refractivity (Wildman–Crippen MR) is 357 cm³/mol. The number of allylic oxidation sites excluding steroid dienone is 18. The van der Waals surface area contributed by atoms with E-state index in [9.17, 15) is 14.4 Å². The summed E-state index contributed by atoms with van der Waals surface area (Å²) in [5, 5.41) is 0. The minimum atomic E-state index is -0.791. The number of hydrogen-bond acceptors (Lipinski definition) is 6. The molecule has 0 aromatic rings. The SMILES string of the molecule is CC/C=C\C/C=C\C/C=C\C/C=C\C/C=C\C/C=C\CCCCCCCCCCCCCCC(=O)OCC(COC(=O)CCCCC/C=C\C/C=C\C/C=C\CC)OC(=O)CCCCCCCCCCCCCCCCCCCCCC. The number of unbranched alkanes of at least 4 members (excludes halogenated alkanes) is 34. The summed E-state index contributed by atoms with van der Waals surface area (Å²) in [6, 6.07) is 0. The first-order valence-electron chi connectivity index (χ1n) is 34.9. The zero-order valence-electron chi connectivity index (χ0n) is 54.0. The largest absolute Gasteiger partial charge is 0.462 e. The Morgan fingerprint density at radius 1 is 0.256 bits per heavy atom. The topological polar surface area (TPSA) is 78.9 Å². The van der Waals surface area contributed by atoms with E-state index in [1.807, 2.05) is 0 Å². The van der Waals surface area contributed by atoms with Crippen LogP contribution in [0.15, 0.2) is 109 Å². The van der Waals surface area contributed by atoms with Gasteiger partial charge >= 0.3 is 17.9 Å². The maximum atomic E-state index is 12.9. The lowest BCUT2D eigenvalue weighted by Gasteiger charge is -2.18. The van der Waals surface area contributed by atoms with Crippen molar-refractivity contribution in [2.45, 2.75) is 341 Å². The number of rotatable bonds is 63. The third-order valence-corrected chi connectivity index (χ3v) is 15.0. The van der Waals surface area contributed by atoms with Gasteiger partial charge in [-0.2, -0.15) is 0 Å². The molecule has 470 valence electrons. The van der Waals surface area contributed by atoms with Gasteiger partial charge in [0.25, 0.3) is 0 Å². The van der Waals surface area contributed by atoms with E-state index in [-0.39, 0.29) is 31.1 Å². The van der Waals surface area contributed by atoms with Gasteiger partial charge in [-0.3, -0.25) is 14.4 Å². The molecule has 1 unspecified atom stereocenters. The first kappa shape index (κ1) is 78.1. The van der Waals surface area contributed by atoms with Crippen molar-refractivity contribution in [3.63, 3.8) is 0 Å². The number of esters is 3. The van der Waals surface area contributed by atoms with Gasteiger partial charge in [-0.15, -0.1) is 0 Å². The predicted octanol–water partition coefficient (Wildman–Crippen LogP) is 24.2. The highest BCUT2D eigenvalue weighted by atomic mass is 16.6. The average Bonchev–Trinajstić information content (AvgIpc) is 3.47. The van der Waals surface area contributed by atoms with Crippen LogP contribution >= 0.6 is 0 Å². The Morgan fingerprint density at radius 3 is 0.756 bits per heavy atom. The first-order valence-corrected chi connectivity index (χ1v) is 34.9. The molecule has 0 N–H and O–H groups in total. The molecule has 0 amide bonds. The van der Waals surface area contributed by atoms with Crippen LogP contribution in [-0.4, -0.2) is 37.2 Å². The average molecular weight is 1140 g/mol. The molecule has 0 rings (SSSR count). The van der Waals surface area contributed by atoms with Gasteiger partial charge in [-0.05, 0) is 103 Å². The Bertz CT molecular complexity index is 1640. The third-order valence-electron chi connectivity index (χ3n) is 15.0. The van der Waals surface area contributed by atoms with Crippen LogP contribution in [0, 0.1) is 0 Å². The molecule has 0 aliphatic rings. The van der Waals surface area contributed by atoms with E-state index in [0.717, 1.165) is 122 Å². The molecule has 0 aliphatic carbocycles. The molecular weight excluding hydrogens is 1010 g/mol. The molecule has 6 heteroatoms.